The summed E-state index contributed by atoms with van der Waals surface area (Å²) in [6.07, 6.45) is -2.08. The van der Waals surface area contributed by atoms with Crippen molar-refractivity contribution in [3.05, 3.63) is 28.8 Å². The molecule has 0 radical (unpaired) electrons. The van der Waals surface area contributed by atoms with Gasteiger partial charge >= 0.3 is 6.18 Å². The van der Waals surface area contributed by atoms with Crippen molar-refractivity contribution in [2.75, 3.05) is 6.54 Å². The minimum atomic E-state index is -4.58. The standard InChI is InChI=1S/C17H24ClF3N2O2S/c1-16(2,3)23-15(13-6-4-5-9-22-13)26(24,25)14-8-7-11(10-12(14)18)17(19,20)21/h7-8,10,13,15,22-23H,4-6,9H2,1-3H3. The van der Waals surface area contributed by atoms with Crippen LogP contribution in [0, 0.1) is 0 Å². The fourth-order valence-corrected chi connectivity index (χ4v) is 5.54. The van der Waals surface area contributed by atoms with Gasteiger partial charge in [0.1, 0.15) is 5.37 Å². The van der Waals surface area contributed by atoms with E-state index in [1.807, 2.05) is 20.8 Å². The molecule has 1 heterocycles. The number of sulfone groups is 1. The Kier molecular flexibility index (Phi) is 6.32. The summed E-state index contributed by atoms with van der Waals surface area (Å²) in [5.74, 6) is 0. The smallest absolute Gasteiger partial charge is 0.311 e. The summed E-state index contributed by atoms with van der Waals surface area (Å²) in [7, 11) is -4.00. The molecule has 1 aliphatic rings. The van der Waals surface area contributed by atoms with E-state index in [1.54, 1.807) is 0 Å². The van der Waals surface area contributed by atoms with Crippen molar-refractivity contribution >= 4 is 21.4 Å². The van der Waals surface area contributed by atoms with E-state index >= 15 is 0 Å². The van der Waals surface area contributed by atoms with Crippen molar-refractivity contribution < 1.29 is 21.6 Å². The second-order valence-corrected chi connectivity index (χ2v) is 10.0. The molecule has 2 N–H and O–H groups in total. The molecule has 4 nitrogen and oxygen atoms in total. The van der Waals surface area contributed by atoms with Crippen LogP contribution in [0.1, 0.15) is 45.6 Å². The fourth-order valence-electron chi connectivity index (χ4n) is 3.00. The van der Waals surface area contributed by atoms with Gasteiger partial charge in [-0.15, -0.1) is 0 Å². The first-order chi connectivity index (χ1) is 11.8. The van der Waals surface area contributed by atoms with Crippen molar-refractivity contribution in [3.8, 4) is 0 Å². The summed E-state index contributed by atoms with van der Waals surface area (Å²) < 4.78 is 65.0. The molecular weight excluding hydrogens is 389 g/mol. The molecule has 1 aliphatic heterocycles. The topological polar surface area (TPSA) is 58.2 Å². The SMILES string of the molecule is CC(C)(C)NC(C1CCCCN1)S(=O)(=O)c1ccc(C(F)(F)F)cc1Cl. The molecule has 1 fully saturated rings. The van der Waals surface area contributed by atoms with Crippen LogP contribution in [0.2, 0.25) is 5.02 Å². The minimum absolute atomic E-state index is 0.290. The van der Waals surface area contributed by atoms with E-state index in [0.29, 0.717) is 19.0 Å². The van der Waals surface area contributed by atoms with E-state index in [1.165, 1.54) is 0 Å². The van der Waals surface area contributed by atoms with Crippen LogP contribution in [0.5, 0.6) is 0 Å². The molecule has 1 aromatic carbocycles. The van der Waals surface area contributed by atoms with Crippen LogP contribution in [0.4, 0.5) is 13.2 Å². The van der Waals surface area contributed by atoms with E-state index in [0.717, 1.165) is 25.0 Å². The summed E-state index contributed by atoms with van der Waals surface area (Å²) in [5, 5.41) is 4.90. The predicted octanol–water partition coefficient (Wildman–Crippen LogP) is 3.99. The molecule has 9 heteroatoms. The molecule has 0 spiro atoms. The van der Waals surface area contributed by atoms with Gasteiger partial charge < -0.3 is 5.32 Å². The molecule has 1 aromatic rings. The lowest BCUT2D eigenvalue weighted by atomic mass is 10.0. The zero-order valence-corrected chi connectivity index (χ0v) is 16.5. The first-order valence-corrected chi connectivity index (χ1v) is 10.4. The Morgan fingerprint density at radius 1 is 1.23 bits per heavy atom. The van der Waals surface area contributed by atoms with Crippen molar-refractivity contribution in [2.45, 2.75) is 68.1 Å². The number of piperidine rings is 1. The number of hydrogen-bond acceptors (Lipinski definition) is 4. The van der Waals surface area contributed by atoms with E-state index < -0.39 is 37.5 Å². The Bertz CT molecular complexity index is 739. The molecule has 2 rings (SSSR count). The number of rotatable bonds is 4. The lowest BCUT2D eigenvalue weighted by Crippen LogP contribution is -2.58. The highest BCUT2D eigenvalue weighted by atomic mass is 35.5. The number of alkyl halides is 3. The molecule has 148 valence electrons. The van der Waals surface area contributed by atoms with Crippen molar-refractivity contribution in [3.63, 3.8) is 0 Å². The Hall–Kier alpha value is -0.830. The summed E-state index contributed by atoms with van der Waals surface area (Å²) >= 11 is 5.95. The van der Waals surface area contributed by atoms with Crippen molar-refractivity contribution in [1.29, 1.82) is 0 Å². The maximum atomic E-state index is 13.2. The number of hydrogen-bond donors (Lipinski definition) is 2. The van der Waals surface area contributed by atoms with Gasteiger partial charge in [0.05, 0.1) is 15.5 Å². The third kappa shape index (κ3) is 5.12. The van der Waals surface area contributed by atoms with Gasteiger partial charge in [-0.2, -0.15) is 13.2 Å². The molecule has 2 atom stereocenters. The molecule has 0 amide bonds. The van der Waals surface area contributed by atoms with Crippen LogP contribution in [0.25, 0.3) is 0 Å². The normalized spacial score (nSPS) is 20.8. The third-order valence-corrected chi connectivity index (χ3v) is 6.70. The van der Waals surface area contributed by atoms with Gasteiger partial charge in [0.25, 0.3) is 0 Å². The van der Waals surface area contributed by atoms with Gasteiger partial charge in [-0.05, 0) is 58.4 Å². The molecule has 2 unspecified atom stereocenters. The Labute approximate surface area is 157 Å². The first kappa shape index (κ1) is 21.5. The molecule has 0 bridgehead atoms. The number of nitrogens with one attached hydrogen (secondary N) is 2. The highest BCUT2D eigenvalue weighted by Crippen LogP contribution is 2.35. The highest BCUT2D eigenvalue weighted by molar-refractivity contribution is 7.92. The van der Waals surface area contributed by atoms with E-state index in [2.05, 4.69) is 10.6 Å². The Morgan fingerprint density at radius 3 is 2.35 bits per heavy atom. The van der Waals surface area contributed by atoms with Crippen LogP contribution in [-0.2, 0) is 16.0 Å². The summed E-state index contributed by atoms with van der Waals surface area (Å²) in [6.45, 7) is 6.22. The van der Waals surface area contributed by atoms with Gasteiger partial charge in [0, 0.05) is 11.6 Å². The Morgan fingerprint density at radius 2 is 1.88 bits per heavy atom. The van der Waals surface area contributed by atoms with Gasteiger partial charge in [0.2, 0.25) is 0 Å². The van der Waals surface area contributed by atoms with Crippen LogP contribution >= 0.6 is 11.6 Å². The number of halogens is 4. The summed E-state index contributed by atoms with van der Waals surface area (Å²) in [6, 6.07) is 2.02. The quantitative estimate of drug-likeness (QED) is 0.785. The van der Waals surface area contributed by atoms with Crippen LogP contribution < -0.4 is 10.6 Å². The first-order valence-electron chi connectivity index (χ1n) is 8.44. The molecule has 0 aromatic heterocycles. The van der Waals surface area contributed by atoms with Gasteiger partial charge in [0.15, 0.2) is 9.84 Å². The number of benzene rings is 1. The van der Waals surface area contributed by atoms with Crippen LogP contribution in [0.3, 0.4) is 0 Å². The van der Waals surface area contributed by atoms with Crippen molar-refractivity contribution in [2.24, 2.45) is 0 Å². The zero-order chi connectivity index (χ0) is 19.8. The minimum Gasteiger partial charge on any atom is -0.311 e. The molecule has 0 aliphatic carbocycles. The Balaban J connectivity index is 2.45. The second kappa shape index (κ2) is 7.66. The monoisotopic (exact) mass is 412 g/mol. The second-order valence-electron chi connectivity index (χ2n) is 7.56. The van der Waals surface area contributed by atoms with Crippen molar-refractivity contribution in [1.82, 2.24) is 10.6 Å². The average Bonchev–Trinajstić information content (AvgIpc) is 2.51. The molecular formula is C17H24ClF3N2O2S. The molecule has 1 saturated heterocycles. The third-order valence-electron chi connectivity index (χ3n) is 4.19. The average molecular weight is 413 g/mol. The largest absolute Gasteiger partial charge is 0.416 e. The molecule has 0 saturated carbocycles. The summed E-state index contributed by atoms with van der Waals surface area (Å²) in [4.78, 5) is -0.290. The van der Waals surface area contributed by atoms with Gasteiger partial charge in [-0.25, -0.2) is 8.42 Å². The molecule has 26 heavy (non-hydrogen) atoms. The van der Waals surface area contributed by atoms with E-state index in [9.17, 15) is 21.6 Å². The predicted molar refractivity (Wildman–Crippen MR) is 96.0 cm³/mol. The van der Waals surface area contributed by atoms with Crippen LogP contribution in [0.15, 0.2) is 23.1 Å². The highest BCUT2D eigenvalue weighted by Gasteiger charge is 2.39. The maximum Gasteiger partial charge on any atom is 0.416 e. The lowest BCUT2D eigenvalue weighted by Gasteiger charge is -2.36. The maximum absolute atomic E-state index is 13.2. The summed E-state index contributed by atoms with van der Waals surface area (Å²) in [5.41, 5.74) is -1.48. The van der Waals surface area contributed by atoms with Gasteiger partial charge in [-0.1, -0.05) is 18.0 Å². The van der Waals surface area contributed by atoms with E-state index in [-0.39, 0.29) is 10.9 Å². The van der Waals surface area contributed by atoms with Crippen LogP contribution in [-0.4, -0.2) is 31.9 Å². The lowest BCUT2D eigenvalue weighted by molar-refractivity contribution is -0.137. The van der Waals surface area contributed by atoms with E-state index in [4.69, 9.17) is 11.6 Å². The fraction of sp³-hybridized carbons (Fsp3) is 0.647. The zero-order valence-electron chi connectivity index (χ0n) is 15.0. The van der Waals surface area contributed by atoms with Gasteiger partial charge in [-0.3, -0.25) is 5.32 Å².